The molecule has 134 valence electrons. The molecular formula is C19H19N3O2S2. The second kappa shape index (κ2) is 9.35. The normalized spacial score (nSPS) is 10.5. The van der Waals surface area contributed by atoms with Crippen LogP contribution in [0.4, 0.5) is 5.13 Å². The first-order chi connectivity index (χ1) is 12.7. The molecule has 26 heavy (non-hydrogen) atoms. The third-order valence-corrected chi connectivity index (χ3v) is 5.29. The number of benzene rings is 1. The highest BCUT2D eigenvalue weighted by molar-refractivity contribution is 7.99. The summed E-state index contributed by atoms with van der Waals surface area (Å²) in [6, 6.07) is 13.8. The molecule has 0 saturated carbocycles. The Bertz CT molecular complexity index is 839. The zero-order valence-corrected chi connectivity index (χ0v) is 16.0. The van der Waals surface area contributed by atoms with Gasteiger partial charge in [0.1, 0.15) is 5.03 Å². The van der Waals surface area contributed by atoms with Crippen molar-refractivity contribution in [1.29, 1.82) is 0 Å². The summed E-state index contributed by atoms with van der Waals surface area (Å²) in [6.07, 6.45) is 3.71. The smallest absolute Gasteiger partial charge is 0.257 e. The van der Waals surface area contributed by atoms with E-state index < -0.39 is 0 Å². The summed E-state index contributed by atoms with van der Waals surface area (Å²) in [5.41, 5.74) is 1.84. The molecule has 1 N–H and O–H groups in total. The van der Waals surface area contributed by atoms with Crippen LogP contribution in [-0.4, -0.2) is 28.7 Å². The first kappa shape index (κ1) is 18.4. The van der Waals surface area contributed by atoms with Crippen molar-refractivity contribution in [2.45, 2.75) is 17.9 Å². The zero-order valence-electron chi connectivity index (χ0n) is 14.3. The van der Waals surface area contributed by atoms with Crippen molar-refractivity contribution in [3.63, 3.8) is 0 Å². The Morgan fingerprint density at radius 2 is 2.12 bits per heavy atom. The molecule has 1 aromatic carbocycles. The maximum absolute atomic E-state index is 12.4. The summed E-state index contributed by atoms with van der Waals surface area (Å²) >= 11 is 3.00. The molecule has 0 radical (unpaired) electrons. The van der Waals surface area contributed by atoms with Crippen molar-refractivity contribution in [3.8, 4) is 5.88 Å². The van der Waals surface area contributed by atoms with E-state index in [1.807, 2.05) is 11.4 Å². The number of thioether (sulfide) groups is 1. The summed E-state index contributed by atoms with van der Waals surface area (Å²) in [6.45, 7) is 0. The van der Waals surface area contributed by atoms with E-state index in [0.717, 1.165) is 23.6 Å². The monoisotopic (exact) mass is 385 g/mol. The van der Waals surface area contributed by atoms with Gasteiger partial charge in [0.25, 0.3) is 5.91 Å². The van der Waals surface area contributed by atoms with Gasteiger partial charge in [-0.25, -0.2) is 9.97 Å². The molecule has 1 amide bonds. The summed E-state index contributed by atoms with van der Waals surface area (Å²) < 4.78 is 5.24. The van der Waals surface area contributed by atoms with E-state index >= 15 is 0 Å². The predicted octanol–water partition coefficient (Wildman–Crippen LogP) is 4.52. The second-order valence-corrected chi connectivity index (χ2v) is 7.48. The van der Waals surface area contributed by atoms with Gasteiger partial charge in [-0.2, -0.15) is 0 Å². The van der Waals surface area contributed by atoms with Gasteiger partial charge in [-0.15, -0.1) is 23.1 Å². The predicted molar refractivity (Wildman–Crippen MR) is 106 cm³/mol. The van der Waals surface area contributed by atoms with Gasteiger partial charge in [-0.05, 0) is 30.2 Å². The maximum Gasteiger partial charge on any atom is 0.257 e. The van der Waals surface area contributed by atoms with Crippen LogP contribution in [0.3, 0.4) is 0 Å². The quantitative estimate of drug-likeness (QED) is 0.456. The fourth-order valence-electron chi connectivity index (χ4n) is 2.34. The van der Waals surface area contributed by atoms with E-state index in [4.69, 9.17) is 4.74 Å². The van der Waals surface area contributed by atoms with Crippen molar-refractivity contribution in [2.24, 2.45) is 0 Å². The topological polar surface area (TPSA) is 64.1 Å². The van der Waals surface area contributed by atoms with E-state index in [-0.39, 0.29) is 5.91 Å². The van der Waals surface area contributed by atoms with Crippen LogP contribution in [-0.2, 0) is 6.42 Å². The number of methoxy groups -OCH3 is 1. The van der Waals surface area contributed by atoms with Crippen LogP contribution >= 0.6 is 23.1 Å². The van der Waals surface area contributed by atoms with E-state index in [1.165, 1.54) is 16.9 Å². The number of rotatable bonds is 8. The van der Waals surface area contributed by atoms with Crippen LogP contribution in [0.25, 0.3) is 0 Å². The molecule has 3 aromatic rings. The molecule has 0 bridgehead atoms. The highest BCUT2D eigenvalue weighted by Crippen LogP contribution is 2.23. The molecule has 7 heteroatoms. The highest BCUT2D eigenvalue weighted by Gasteiger charge is 2.12. The lowest BCUT2D eigenvalue weighted by atomic mass is 10.1. The van der Waals surface area contributed by atoms with Crippen LogP contribution in [0.1, 0.15) is 22.3 Å². The molecule has 2 aromatic heterocycles. The van der Waals surface area contributed by atoms with Crippen molar-refractivity contribution >= 4 is 34.1 Å². The van der Waals surface area contributed by atoms with Crippen LogP contribution < -0.4 is 10.1 Å². The maximum atomic E-state index is 12.4. The molecule has 0 unspecified atom stereocenters. The van der Waals surface area contributed by atoms with Crippen molar-refractivity contribution in [3.05, 3.63) is 65.2 Å². The van der Waals surface area contributed by atoms with E-state index in [0.29, 0.717) is 16.6 Å². The average Bonchev–Trinajstić information content (AvgIpc) is 3.19. The number of nitrogens with zero attached hydrogens (tertiary/aromatic N) is 2. The number of thiazole rings is 1. The number of nitrogens with one attached hydrogen (secondary N) is 1. The lowest BCUT2D eigenvalue weighted by Gasteiger charge is -2.08. The first-order valence-corrected chi connectivity index (χ1v) is 10.0. The Labute approximate surface area is 160 Å². The summed E-state index contributed by atoms with van der Waals surface area (Å²) in [5, 5.41) is 5.95. The number of anilines is 1. The standard InChI is InChI=1S/C19H19N3O2S2/c1-24-16-12-15(18(23)22-19-20-9-11-26-19)13-17(21-16)25-10-5-8-14-6-3-2-4-7-14/h2-4,6-7,9,11-13H,5,8,10H2,1H3,(H,20,22,23). The number of amides is 1. The SMILES string of the molecule is COc1cc(C(=O)Nc2nccs2)cc(SCCCc2ccccc2)n1. The van der Waals surface area contributed by atoms with Crippen LogP contribution in [0.2, 0.25) is 0 Å². The fraction of sp³-hybridized carbons (Fsp3) is 0.211. The van der Waals surface area contributed by atoms with Crippen LogP contribution in [0.5, 0.6) is 5.88 Å². The Hall–Kier alpha value is -2.38. The second-order valence-electron chi connectivity index (χ2n) is 5.47. The number of aromatic nitrogens is 2. The number of hydrogen-bond donors (Lipinski definition) is 1. The zero-order chi connectivity index (χ0) is 18.2. The Morgan fingerprint density at radius 1 is 1.27 bits per heavy atom. The van der Waals surface area contributed by atoms with Crippen molar-refractivity contribution in [1.82, 2.24) is 9.97 Å². The third-order valence-electron chi connectivity index (χ3n) is 3.61. The number of pyridine rings is 1. The first-order valence-electron chi connectivity index (χ1n) is 8.18. The Balaban J connectivity index is 1.60. The lowest BCUT2D eigenvalue weighted by molar-refractivity contribution is 0.102. The fourth-order valence-corrected chi connectivity index (χ4v) is 3.73. The van der Waals surface area contributed by atoms with Gasteiger partial charge in [-0.3, -0.25) is 10.1 Å². The van der Waals surface area contributed by atoms with Gasteiger partial charge in [-0.1, -0.05) is 30.3 Å². The molecule has 0 atom stereocenters. The number of hydrogen-bond acceptors (Lipinski definition) is 6. The lowest BCUT2D eigenvalue weighted by Crippen LogP contribution is -2.12. The molecule has 0 aliphatic heterocycles. The average molecular weight is 386 g/mol. The van der Waals surface area contributed by atoms with E-state index in [9.17, 15) is 4.79 Å². The van der Waals surface area contributed by atoms with Gasteiger partial charge >= 0.3 is 0 Å². The molecule has 0 fully saturated rings. The van der Waals surface area contributed by atoms with Gasteiger partial charge in [0.05, 0.1) is 7.11 Å². The summed E-state index contributed by atoms with van der Waals surface area (Å²) in [4.78, 5) is 20.9. The molecular weight excluding hydrogens is 366 g/mol. The van der Waals surface area contributed by atoms with Crippen molar-refractivity contribution < 1.29 is 9.53 Å². The van der Waals surface area contributed by atoms with Crippen LogP contribution in [0, 0.1) is 0 Å². The number of ether oxygens (including phenoxy) is 1. The van der Waals surface area contributed by atoms with Gasteiger partial charge < -0.3 is 4.74 Å². The highest BCUT2D eigenvalue weighted by atomic mass is 32.2. The summed E-state index contributed by atoms with van der Waals surface area (Å²) in [5.74, 6) is 1.14. The largest absolute Gasteiger partial charge is 0.481 e. The summed E-state index contributed by atoms with van der Waals surface area (Å²) in [7, 11) is 1.55. The van der Waals surface area contributed by atoms with E-state index in [2.05, 4.69) is 39.6 Å². The Kier molecular flexibility index (Phi) is 6.62. The minimum Gasteiger partial charge on any atom is -0.481 e. The Morgan fingerprint density at radius 3 is 2.85 bits per heavy atom. The third kappa shape index (κ3) is 5.31. The molecule has 0 saturated heterocycles. The van der Waals surface area contributed by atoms with Gasteiger partial charge in [0.2, 0.25) is 5.88 Å². The number of carbonyl (C=O) groups excluding carboxylic acids is 1. The minimum atomic E-state index is -0.216. The van der Waals surface area contributed by atoms with Crippen LogP contribution in [0.15, 0.2) is 59.1 Å². The number of carbonyl (C=O) groups is 1. The number of aryl methyl sites for hydroxylation is 1. The minimum absolute atomic E-state index is 0.216. The molecule has 3 rings (SSSR count). The molecule has 0 aliphatic carbocycles. The molecule has 5 nitrogen and oxygen atoms in total. The van der Waals surface area contributed by atoms with Gasteiger partial charge in [0, 0.05) is 23.2 Å². The van der Waals surface area contributed by atoms with Crippen molar-refractivity contribution in [2.75, 3.05) is 18.2 Å². The van der Waals surface area contributed by atoms with Gasteiger partial charge in [0.15, 0.2) is 5.13 Å². The van der Waals surface area contributed by atoms with E-state index in [1.54, 1.807) is 37.2 Å². The molecule has 2 heterocycles. The molecule has 0 aliphatic rings. The molecule has 0 spiro atoms.